The van der Waals surface area contributed by atoms with Crippen molar-refractivity contribution in [3.63, 3.8) is 0 Å². The van der Waals surface area contributed by atoms with E-state index in [4.69, 9.17) is 0 Å². The van der Waals surface area contributed by atoms with Gasteiger partial charge in [0.25, 0.3) is 0 Å². The maximum atomic E-state index is 13.4. The lowest BCUT2D eigenvalue weighted by Crippen LogP contribution is -2.62. The molecule has 7 nitrogen and oxygen atoms in total. The Morgan fingerprint density at radius 3 is 2.48 bits per heavy atom. The molecule has 0 unspecified atom stereocenters. The van der Waals surface area contributed by atoms with E-state index < -0.39 is 15.4 Å². The number of amides is 1. The fourth-order valence-corrected chi connectivity index (χ4v) is 7.54. The SMILES string of the molecule is CCN1[C@@H]2CCCC[C@@]2(C(=O)NCc2ccc(N3CCN(C)CC3)cc2)CCS1(=O)=O. The number of sulfonamides is 1. The topological polar surface area (TPSA) is 73.0 Å². The van der Waals surface area contributed by atoms with E-state index in [1.807, 2.05) is 6.92 Å². The summed E-state index contributed by atoms with van der Waals surface area (Å²) in [5.41, 5.74) is 1.72. The van der Waals surface area contributed by atoms with Crippen LogP contribution in [0.15, 0.2) is 24.3 Å². The number of hydrogen-bond donors (Lipinski definition) is 1. The highest BCUT2D eigenvalue weighted by Crippen LogP contribution is 2.46. The molecular formula is C23H36N4O3S. The van der Waals surface area contributed by atoms with Crippen molar-refractivity contribution in [1.82, 2.24) is 14.5 Å². The number of piperazine rings is 1. The number of fused-ring (bicyclic) bond motifs is 1. The van der Waals surface area contributed by atoms with E-state index >= 15 is 0 Å². The molecule has 31 heavy (non-hydrogen) atoms. The van der Waals surface area contributed by atoms with E-state index in [2.05, 4.69) is 46.4 Å². The van der Waals surface area contributed by atoms with Crippen molar-refractivity contribution in [3.05, 3.63) is 29.8 Å². The number of hydrogen-bond acceptors (Lipinski definition) is 5. The Hall–Kier alpha value is -1.64. The van der Waals surface area contributed by atoms with E-state index in [0.717, 1.165) is 57.4 Å². The Labute approximate surface area is 186 Å². The molecule has 172 valence electrons. The lowest BCUT2D eigenvalue weighted by atomic mass is 9.67. The summed E-state index contributed by atoms with van der Waals surface area (Å²) in [6.45, 7) is 7.02. The summed E-state index contributed by atoms with van der Waals surface area (Å²) in [4.78, 5) is 18.1. The van der Waals surface area contributed by atoms with Gasteiger partial charge in [-0.3, -0.25) is 4.79 Å². The summed E-state index contributed by atoms with van der Waals surface area (Å²) in [7, 11) is -1.10. The molecule has 0 aromatic heterocycles. The van der Waals surface area contributed by atoms with Crippen LogP contribution in [-0.2, 0) is 21.4 Å². The van der Waals surface area contributed by atoms with Gasteiger partial charge in [-0.1, -0.05) is 31.9 Å². The maximum absolute atomic E-state index is 13.4. The summed E-state index contributed by atoms with van der Waals surface area (Å²) in [5.74, 6) is 0.0958. The van der Waals surface area contributed by atoms with Gasteiger partial charge in [0.1, 0.15) is 0 Å². The minimum atomic E-state index is -3.26. The second-order valence-electron chi connectivity index (χ2n) is 9.33. The maximum Gasteiger partial charge on any atom is 0.228 e. The molecule has 1 N–H and O–H groups in total. The molecule has 1 aromatic carbocycles. The monoisotopic (exact) mass is 448 g/mol. The summed E-state index contributed by atoms with van der Waals surface area (Å²) >= 11 is 0. The van der Waals surface area contributed by atoms with Gasteiger partial charge in [0.2, 0.25) is 15.9 Å². The third kappa shape index (κ3) is 4.47. The molecule has 2 heterocycles. The van der Waals surface area contributed by atoms with Crippen LogP contribution in [0.4, 0.5) is 5.69 Å². The highest BCUT2D eigenvalue weighted by atomic mass is 32.2. The molecule has 1 amide bonds. The van der Waals surface area contributed by atoms with E-state index in [1.165, 1.54) is 5.69 Å². The number of nitrogens with zero attached hydrogens (tertiary/aromatic N) is 3. The zero-order valence-electron chi connectivity index (χ0n) is 18.8. The Balaban J connectivity index is 1.42. The average molecular weight is 449 g/mol. The number of benzene rings is 1. The largest absolute Gasteiger partial charge is 0.369 e. The van der Waals surface area contributed by atoms with Gasteiger partial charge >= 0.3 is 0 Å². The molecule has 2 atom stereocenters. The Morgan fingerprint density at radius 2 is 1.81 bits per heavy atom. The fraction of sp³-hybridized carbons (Fsp3) is 0.696. The van der Waals surface area contributed by atoms with Crippen LogP contribution in [0.5, 0.6) is 0 Å². The molecule has 0 bridgehead atoms. The molecule has 0 radical (unpaired) electrons. The van der Waals surface area contributed by atoms with Gasteiger partial charge in [-0.25, -0.2) is 8.42 Å². The Kier molecular flexibility index (Phi) is 6.60. The van der Waals surface area contributed by atoms with Crippen molar-refractivity contribution in [1.29, 1.82) is 0 Å². The molecule has 8 heteroatoms. The smallest absolute Gasteiger partial charge is 0.228 e. The summed E-state index contributed by atoms with van der Waals surface area (Å²) in [6.07, 6.45) is 3.96. The summed E-state index contributed by atoms with van der Waals surface area (Å²) < 4.78 is 26.8. The molecule has 1 saturated carbocycles. The lowest BCUT2D eigenvalue weighted by Gasteiger charge is -2.50. The van der Waals surface area contributed by atoms with Gasteiger partial charge in [-0.2, -0.15) is 4.31 Å². The molecule has 2 aliphatic heterocycles. The summed E-state index contributed by atoms with van der Waals surface area (Å²) in [5, 5.41) is 3.15. The van der Waals surface area contributed by atoms with Crippen molar-refractivity contribution >= 4 is 21.6 Å². The number of nitrogens with one attached hydrogen (secondary N) is 1. The van der Waals surface area contributed by atoms with Crippen LogP contribution in [-0.4, -0.2) is 75.1 Å². The first-order chi connectivity index (χ1) is 14.9. The zero-order valence-corrected chi connectivity index (χ0v) is 19.7. The van der Waals surface area contributed by atoms with E-state index in [1.54, 1.807) is 4.31 Å². The number of carbonyl (C=O) groups is 1. The summed E-state index contributed by atoms with van der Waals surface area (Å²) in [6, 6.07) is 8.26. The fourth-order valence-electron chi connectivity index (χ4n) is 5.60. The number of likely N-dealkylation sites (N-methyl/N-ethyl adjacent to an activating group) is 1. The minimum absolute atomic E-state index is 0.0219. The number of anilines is 1. The first-order valence-electron chi connectivity index (χ1n) is 11.7. The van der Waals surface area contributed by atoms with Gasteiger partial charge in [0, 0.05) is 51.0 Å². The average Bonchev–Trinajstić information content (AvgIpc) is 2.78. The van der Waals surface area contributed by atoms with Crippen LogP contribution >= 0.6 is 0 Å². The van der Waals surface area contributed by atoms with Crippen molar-refractivity contribution in [2.24, 2.45) is 5.41 Å². The second kappa shape index (κ2) is 9.08. The molecule has 3 aliphatic rings. The van der Waals surface area contributed by atoms with E-state index in [9.17, 15) is 13.2 Å². The number of rotatable bonds is 5. The van der Waals surface area contributed by atoms with Gasteiger partial charge in [0.05, 0.1) is 11.2 Å². The highest BCUT2D eigenvalue weighted by molar-refractivity contribution is 7.89. The van der Waals surface area contributed by atoms with Gasteiger partial charge < -0.3 is 15.1 Å². The van der Waals surface area contributed by atoms with Gasteiger partial charge in [-0.15, -0.1) is 0 Å². The molecule has 1 aromatic rings. The van der Waals surface area contributed by atoms with Crippen LogP contribution < -0.4 is 10.2 Å². The van der Waals surface area contributed by atoms with Crippen LogP contribution in [0.1, 0.15) is 44.6 Å². The predicted molar refractivity (Wildman–Crippen MR) is 123 cm³/mol. The third-order valence-corrected chi connectivity index (χ3v) is 9.47. The quantitative estimate of drug-likeness (QED) is 0.746. The molecule has 4 rings (SSSR count). The standard InChI is InChI=1S/C23H36N4O3S/c1-3-27-21-6-4-5-11-23(21,12-17-31(27,29)30)22(28)24-18-19-7-9-20(10-8-19)26-15-13-25(2)14-16-26/h7-10,21H,3-6,11-18H2,1-2H3,(H,24,28)/t21-,23-/m1/s1. The Morgan fingerprint density at radius 1 is 1.10 bits per heavy atom. The van der Waals surface area contributed by atoms with Crippen molar-refractivity contribution in [2.45, 2.75) is 51.6 Å². The molecule has 0 spiro atoms. The Bertz CT molecular complexity index is 881. The van der Waals surface area contributed by atoms with Gasteiger partial charge in [0.15, 0.2) is 0 Å². The van der Waals surface area contributed by atoms with Gasteiger partial charge in [-0.05, 0) is 44.0 Å². The van der Waals surface area contributed by atoms with Crippen LogP contribution in [0, 0.1) is 5.41 Å². The zero-order chi connectivity index (χ0) is 22.1. The van der Waals surface area contributed by atoms with Crippen molar-refractivity contribution < 1.29 is 13.2 Å². The van der Waals surface area contributed by atoms with Crippen LogP contribution in [0.3, 0.4) is 0 Å². The minimum Gasteiger partial charge on any atom is -0.369 e. The highest BCUT2D eigenvalue weighted by Gasteiger charge is 2.54. The predicted octanol–water partition coefficient (Wildman–Crippen LogP) is 2.04. The second-order valence-corrected chi connectivity index (χ2v) is 11.4. The molecular weight excluding hydrogens is 412 g/mol. The molecule has 3 fully saturated rings. The van der Waals surface area contributed by atoms with Crippen LogP contribution in [0.2, 0.25) is 0 Å². The molecule has 1 aliphatic carbocycles. The van der Waals surface area contributed by atoms with Crippen molar-refractivity contribution in [3.8, 4) is 0 Å². The number of carbonyl (C=O) groups excluding carboxylic acids is 1. The first kappa shape index (κ1) is 22.6. The van der Waals surface area contributed by atoms with E-state index in [0.29, 0.717) is 19.5 Å². The molecule has 2 saturated heterocycles. The van der Waals surface area contributed by atoms with E-state index in [-0.39, 0.29) is 17.7 Å². The first-order valence-corrected chi connectivity index (χ1v) is 13.3. The van der Waals surface area contributed by atoms with Crippen LogP contribution in [0.25, 0.3) is 0 Å². The van der Waals surface area contributed by atoms with Crippen molar-refractivity contribution in [2.75, 3.05) is 50.4 Å². The normalized spacial score (nSPS) is 29.4. The third-order valence-electron chi connectivity index (χ3n) is 7.52. The lowest BCUT2D eigenvalue weighted by molar-refractivity contribution is -0.137.